The molecule has 0 radical (unpaired) electrons. The monoisotopic (exact) mass is 268 g/mol. The molecule has 0 aromatic rings. The van der Waals surface area contributed by atoms with Crippen molar-refractivity contribution in [2.24, 2.45) is 5.92 Å². The van der Waals surface area contributed by atoms with Crippen LogP contribution in [0.15, 0.2) is 0 Å². The molecule has 2 fully saturated rings. The molecular weight excluding hydrogens is 244 g/mol. The van der Waals surface area contributed by atoms with Crippen LogP contribution in [-0.4, -0.2) is 61.0 Å². The molecule has 108 valence electrons. The molecule has 2 aliphatic heterocycles. The van der Waals surface area contributed by atoms with E-state index in [1.807, 2.05) is 0 Å². The number of amides is 2. The molecule has 2 rings (SSSR count). The highest BCUT2D eigenvalue weighted by atomic mass is 16.5. The van der Waals surface area contributed by atoms with Crippen LogP contribution in [0.5, 0.6) is 0 Å². The minimum atomic E-state index is -0.0602. The molecule has 0 aromatic carbocycles. The molecule has 0 bridgehead atoms. The lowest BCUT2D eigenvalue weighted by Gasteiger charge is -2.33. The second-order valence-corrected chi connectivity index (χ2v) is 5.49. The third-order valence-electron chi connectivity index (χ3n) is 4.14. The number of likely N-dealkylation sites (N-methyl/N-ethyl adjacent to an activating group) is 1. The van der Waals surface area contributed by atoms with E-state index >= 15 is 0 Å². The Morgan fingerprint density at radius 3 is 2.89 bits per heavy atom. The zero-order valence-electron chi connectivity index (χ0n) is 11.9. The summed E-state index contributed by atoms with van der Waals surface area (Å²) in [6, 6.07) is 0. The smallest absolute Gasteiger partial charge is 0.241 e. The van der Waals surface area contributed by atoms with Gasteiger partial charge in [-0.3, -0.25) is 9.59 Å². The highest BCUT2D eigenvalue weighted by Gasteiger charge is 2.35. The number of hydrogen-bond acceptors (Lipinski definition) is 3. The Balaban J connectivity index is 2.03. The summed E-state index contributed by atoms with van der Waals surface area (Å²) in [6.07, 6.45) is 3.57. The van der Waals surface area contributed by atoms with Gasteiger partial charge in [0.05, 0.1) is 18.6 Å². The maximum absolute atomic E-state index is 12.6. The standard InChI is InChI=1S/C14H24N2O3/c1-3-12-11(6-4-9-19-12)14(18)16-8-5-7-15(2)13(17)10-16/h11-12H,3-10H2,1-2H3. The summed E-state index contributed by atoms with van der Waals surface area (Å²) in [5, 5.41) is 0. The molecule has 2 amide bonds. The summed E-state index contributed by atoms with van der Waals surface area (Å²) in [6.45, 7) is 4.45. The van der Waals surface area contributed by atoms with Gasteiger partial charge in [-0.05, 0) is 25.7 Å². The molecule has 2 saturated heterocycles. The summed E-state index contributed by atoms with van der Waals surface area (Å²) in [7, 11) is 1.80. The van der Waals surface area contributed by atoms with E-state index in [1.54, 1.807) is 16.8 Å². The molecule has 5 nitrogen and oxygen atoms in total. The molecule has 0 saturated carbocycles. The normalized spacial score (nSPS) is 29.3. The fraction of sp³-hybridized carbons (Fsp3) is 0.857. The van der Waals surface area contributed by atoms with Crippen LogP contribution >= 0.6 is 0 Å². The minimum Gasteiger partial charge on any atom is -0.377 e. The Hall–Kier alpha value is -1.10. The number of ether oxygens (including phenoxy) is 1. The Morgan fingerprint density at radius 1 is 1.37 bits per heavy atom. The van der Waals surface area contributed by atoms with Gasteiger partial charge in [0.2, 0.25) is 11.8 Å². The van der Waals surface area contributed by atoms with Gasteiger partial charge in [0.25, 0.3) is 0 Å². The van der Waals surface area contributed by atoms with Gasteiger partial charge in [0.15, 0.2) is 0 Å². The second-order valence-electron chi connectivity index (χ2n) is 5.49. The lowest BCUT2D eigenvalue weighted by Crippen LogP contribution is -2.46. The first-order valence-corrected chi connectivity index (χ1v) is 7.27. The largest absolute Gasteiger partial charge is 0.377 e. The minimum absolute atomic E-state index is 0.0253. The van der Waals surface area contributed by atoms with Crippen molar-refractivity contribution in [1.29, 1.82) is 0 Å². The summed E-state index contributed by atoms with van der Waals surface area (Å²) in [5.41, 5.74) is 0. The Morgan fingerprint density at radius 2 is 2.16 bits per heavy atom. The lowest BCUT2D eigenvalue weighted by molar-refractivity contribution is -0.148. The van der Waals surface area contributed by atoms with Crippen LogP contribution in [0.2, 0.25) is 0 Å². The molecule has 19 heavy (non-hydrogen) atoms. The average Bonchev–Trinajstić information content (AvgIpc) is 2.60. The molecule has 2 unspecified atom stereocenters. The summed E-state index contributed by atoms with van der Waals surface area (Å²) in [5.74, 6) is 0.0841. The van der Waals surface area contributed by atoms with Gasteiger partial charge in [0, 0.05) is 26.7 Å². The van der Waals surface area contributed by atoms with E-state index in [0.717, 1.165) is 38.8 Å². The van der Waals surface area contributed by atoms with Crippen molar-refractivity contribution in [3.05, 3.63) is 0 Å². The number of carbonyl (C=O) groups is 2. The first kappa shape index (κ1) is 14.3. The van der Waals surface area contributed by atoms with E-state index in [9.17, 15) is 9.59 Å². The molecule has 0 N–H and O–H groups in total. The van der Waals surface area contributed by atoms with Crippen molar-refractivity contribution in [2.45, 2.75) is 38.7 Å². The fourth-order valence-corrected chi connectivity index (χ4v) is 2.93. The van der Waals surface area contributed by atoms with Crippen molar-refractivity contribution in [2.75, 3.05) is 33.3 Å². The Labute approximate surface area is 114 Å². The molecule has 2 heterocycles. The van der Waals surface area contributed by atoms with Gasteiger partial charge in [-0.1, -0.05) is 6.92 Å². The predicted octanol–water partition coefficient (Wildman–Crippen LogP) is 0.882. The lowest BCUT2D eigenvalue weighted by atomic mass is 9.91. The van der Waals surface area contributed by atoms with Crippen LogP contribution < -0.4 is 0 Å². The van der Waals surface area contributed by atoms with Gasteiger partial charge in [-0.2, -0.15) is 0 Å². The first-order valence-electron chi connectivity index (χ1n) is 7.27. The van der Waals surface area contributed by atoms with Crippen LogP contribution in [-0.2, 0) is 14.3 Å². The average molecular weight is 268 g/mol. The van der Waals surface area contributed by atoms with Crippen molar-refractivity contribution in [1.82, 2.24) is 9.80 Å². The number of hydrogen-bond donors (Lipinski definition) is 0. The first-order chi connectivity index (χ1) is 9.13. The van der Waals surface area contributed by atoms with Crippen molar-refractivity contribution in [3.63, 3.8) is 0 Å². The van der Waals surface area contributed by atoms with Gasteiger partial charge < -0.3 is 14.5 Å². The van der Waals surface area contributed by atoms with Crippen LogP contribution in [0.1, 0.15) is 32.6 Å². The Kier molecular flexibility index (Phi) is 4.80. The fourth-order valence-electron chi connectivity index (χ4n) is 2.93. The van der Waals surface area contributed by atoms with E-state index < -0.39 is 0 Å². The SMILES string of the molecule is CCC1OCCCC1C(=O)N1CCCN(C)C(=O)C1. The van der Waals surface area contributed by atoms with Gasteiger partial charge in [-0.25, -0.2) is 0 Å². The maximum Gasteiger partial charge on any atom is 0.241 e. The maximum atomic E-state index is 12.6. The molecular formula is C14H24N2O3. The number of carbonyl (C=O) groups excluding carboxylic acids is 2. The second kappa shape index (κ2) is 6.37. The summed E-state index contributed by atoms with van der Waals surface area (Å²) >= 11 is 0. The quantitative estimate of drug-likeness (QED) is 0.747. The third-order valence-corrected chi connectivity index (χ3v) is 4.14. The number of nitrogens with zero attached hydrogens (tertiary/aromatic N) is 2. The molecule has 0 aliphatic carbocycles. The van der Waals surface area contributed by atoms with Gasteiger partial charge in [0.1, 0.15) is 0 Å². The Bertz CT molecular complexity index is 346. The molecule has 2 atom stereocenters. The highest BCUT2D eigenvalue weighted by Crippen LogP contribution is 2.25. The number of rotatable bonds is 2. The topological polar surface area (TPSA) is 49.9 Å². The van der Waals surface area contributed by atoms with Crippen molar-refractivity contribution < 1.29 is 14.3 Å². The van der Waals surface area contributed by atoms with Crippen LogP contribution in [0.3, 0.4) is 0 Å². The van der Waals surface area contributed by atoms with E-state index in [1.165, 1.54) is 0 Å². The van der Waals surface area contributed by atoms with Crippen molar-refractivity contribution >= 4 is 11.8 Å². The molecule has 2 aliphatic rings. The molecule has 5 heteroatoms. The van der Waals surface area contributed by atoms with E-state index in [2.05, 4.69) is 6.92 Å². The van der Waals surface area contributed by atoms with E-state index in [4.69, 9.17) is 4.74 Å². The summed E-state index contributed by atoms with van der Waals surface area (Å²) in [4.78, 5) is 27.9. The zero-order valence-corrected chi connectivity index (χ0v) is 11.9. The van der Waals surface area contributed by atoms with E-state index in [-0.39, 0.29) is 30.4 Å². The van der Waals surface area contributed by atoms with Crippen molar-refractivity contribution in [3.8, 4) is 0 Å². The highest BCUT2D eigenvalue weighted by molar-refractivity contribution is 5.86. The van der Waals surface area contributed by atoms with Crippen LogP contribution in [0, 0.1) is 5.92 Å². The van der Waals surface area contributed by atoms with E-state index in [0.29, 0.717) is 6.54 Å². The van der Waals surface area contributed by atoms with Crippen LogP contribution in [0.25, 0.3) is 0 Å². The van der Waals surface area contributed by atoms with Gasteiger partial charge >= 0.3 is 0 Å². The van der Waals surface area contributed by atoms with Crippen LogP contribution in [0.4, 0.5) is 0 Å². The predicted molar refractivity (Wildman–Crippen MR) is 71.6 cm³/mol. The summed E-state index contributed by atoms with van der Waals surface area (Å²) < 4.78 is 5.69. The van der Waals surface area contributed by atoms with Gasteiger partial charge in [-0.15, -0.1) is 0 Å². The zero-order chi connectivity index (χ0) is 13.8. The molecule has 0 spiro atoms. The molecule has 0 aromatic heterocycles. The third kappa shape index (κ3) is 3.26.